The number of carbonyl (C=O) groups is 2. The van der Waals surface area contributed by atoms with E-state index in [1.807, 2.05) is 31.2 Å². The van der Waals surface area contributed by atoms with Crippen LogP contribution in [0, 0.1) is 6.92 Å². The Labute approximate surface area is 158 Å². The quantitative estimate of drug-likeness (QED) is 0.226. The molecule has 0 aliphatic rings. The molecule has 3 rings (SSSR count). The van der Waals surface area contributed by atoms with Crippen molar-refractivity contribution < 1.29 is 9.59 Å². The van der Waals surface area contributed by atoms with Crippen LogP contribution < -0.4 is 27.4 Å². The van der Waals surface area contributed by atoms with E-state index in [0.29, 0.717) is 23.2 Å². The molecule has 0 unspecified atom stereocenters. The van der Waals surface area contributed by atoms with Gasteiger partial charge >= 0.3 is 5.69 Å². The third kappa shape index (κ3) is 3.46. The molecule has 0 aliphatic carbocycles. The number of hydrazine groups is 1. The van der Waals surface area contributed by atoms with Crippen molar-refractivity contribution in [2.24, 2.45) is 5.84 Å². The molecule has 1 heterocycles. The maximum absolute atomic E-state index is 12.2. The lowest BCUT2D eigenvalue weighted by atomic mass is 9.95. The molecule has 0 saturated carbocycles. The molecule has 3 aromatic rings. The lowest BCUT2D eigenvalue weighted by Gasteiger charge is -2.19. The summed E-state index contributed by atoms with van der Waals surface area (Å²) in [6.45, 7) is 1.89. The second kappa shape index (κ2) is 7.72. The molecular formula is C19H17N5O4. The van der Waals surface area contributed by atoms with Crippen molar-refractivity contribution >= 4 is 23.7 Å². The number of aromatic amines is 2. The fraction of sp³-hybridized carbons (Fsp3) is 0.0526. The summed E-state index contributed by atoms with van der Waals surface area (Å²) >= 11 is 0. The largest absolute Gasteiger partial charge is 0.325 e. The number of hydrogen-bond acceptors (Lipinski definition) is 5. The van der Waals surface area contributed by atoms with Crippen LogP contribution >= 0.6 is 0 Å². The van der Waals surface area contributed by atoms with Gasteiger partial charge < -0.3 is 4.98 Å². The van der Waals surface area contributed by atoms with Gasteiger partial charge in [0.15, 0.2) is 0 Å². The predicted molar refractivity (Wildman–Crippen MR) is 104 cm³/mol. The Morgan fingerprint density at radius 2 is 1.89 bits per heavy atom. The third-order valence-corrected chi connectivity index (χ3v) is 4.26. The van der Waals surface area contributed by atoms with Gasteiger partial charge in [0.1, 0.15) is 5.69 Å². The van der Waals surface area contributed by atoms with E-state index in [-0.39, 0.29) is 5.69 Å². The molecule has 0 spiro atoms. The highest BCUT2D eigenvalue weighted by Gasteiger charge is 2.18. The van der Waals surface area contributed by atoms with Crippen LogP contribution in [0.15, 0.2) is 58.3 Å². The molecule has 142 valence electrons. The average Bonchev–Trinajstić information content (AvgIpc) is 2.70. The van der Waals surface area contributed by atoms with Crippen LogP contribution in [0.1, 0.15) is 15.9 Å². The zero-order chi connectivity index (χ0) is 20.3. The lowest BCUT2D eigenvalue weighted by Crippen LogP contribution is -2.31. The number of nitrogens with two attached hydrogens (primary N) is 1. The molecule has 1 aromatic heterocycles. The molecule has 2 aromatic carbocycles. The van der Waals surface area contributed by atoms with E-state index in [2.05, 4.69) is 15.4 Å². The molecule has 0 saturated heterocycles. The number of nitrogens with zero attached hydrogens (tertiary/aromatic N) is 1. The molecular weight excluding hydrogens is 362 g/mol. The Morgan fingerprint density at radius 1 is 1.14 bits per heavy atom. The highest BCUT2D eigenvalue weighted by Crippen LogP contribution is 2.32. The highest BCUT2D eigenvalue weighted by atomic mass is 16.2. The summed E-state index contributed by atoms with van der Waals surface area (Å²) in [5.41, 5.74) is 3.47. The molecule has 9 nitrogen and oxygen atoms in total. The minimum absolute atomic E-state index is 0.0682. The van der Waals surface area contributed by atoms with Crippen LogP contribution in [0.3, 0.4) is 0 Å². The van der Waals surface area contributed by atoms with E-state index in [1.165, 1.54) is 12.1 Å². The van der Waals surface area contributed by atoms with Crippen molar-refractivity contribution in [3.8, 4) is 11.1 Å². The Kier molecular flexibility index (Phi) is 5.18. The van der Waals surface area contributed by atoms with E-state index in [0.717, 1.165) is 22.2 Å². The number of carbonyl (C=O) groups excluding carboxylic acids is 2. The van der Waals surface area contributed by atoms with Crippen molar-refractivity contribution in [2.75, 3.05) is 4.90 Å². The Balaban J connectivity index is 2.22. The van der Waals surface area contributed by atoms with E-state index in [1.54, 1.807) is 6.07 Å². The number of aromatic nitrogens is 2. The SMILES string of the molecule is Cc1ccccc1-c1cc(N(C=O)c2c[nH]c(=O)[nH]c2=O)ccc1C(=O)NN. The minimum Gasteiger partial charge on any atom is -0.312 e. The van der Waals surface area contributed by atoms with Crippen molar-refractivity contribution in [1.82, 2.24) is 15.4 Å². The second-order valence-corrected chi connectivity index (χ2v) is 5.95. The molecule has 0 bridgehead atoms. The highest BCUT2D eigenvalue weighted by molar-refractivity contribution is 6.02. The van der Waals surface area contributed by atoms with E-state index < -0.39 is 17.2 Å². The zero-order valence-electron chi connectivity index (χ0n) is 14.9. The van der Waals surface area contributed by atoms with Gasteiger partial charge in [-0.2, -0.15) is 0 Å². The molecule has 0 radical (unpaired) electrons. The molecule has 28 heavy (non-hydrogen) atoms. The normalized spacial score (nSPS) is 10.4. The van der Waals surface area contributed by atoms with E-state index >= 15 is 0 Å². The summed E-state index contributed by atoms with van der Waals surface area (Å²) in [6.07, 6.45) is 1.59. The number of benzene rings is 2. The Morgan fingerprint density at radius 3 is 2.54 bits per heavy atom. The number of aryl methyl sites for hydroxylation is 1. The van der Waals surface area contributed by atoms with Crippen LogP contribution in [-0.4, -0.2) is 22.3 Å². The van der Waals surface area contributed by atoms with E-state index in [4.69, 9.17) is 5.84 Å². The van der Waals surface area contributed by atoms with Crippen LogP contribution in [0.25, 0.3) is 11.1 Å². The molecule has 0 fully saturated rings. The fourth-order valence-corrected chi connectivity index (χ4v) is 2.89. The van der Waals surface area contributed by atoms with E-state index in [9.17, 15) is 19.2 Å². The smallest absolute Gasteiger partial charge is 0.312 e. The van der Waals surface area contributed by atoms with Crippen LogP contribution in [0.5, 0.6) is 0 Å². The number of nitrogen functional groups attached to an aromatic ring is 1. The van der Waals surface area contributed by atoms with Gasteiger partial charge in [-0.1, -0.05) is 24.3 Å². The van der Waals surface area contributed by atoms with Crippen molar-refractivity contribution in [2.45, 2.75) is 6.92 Å². The van der Waals surface area contributed by atoms with Crippen LogP contribution in [-0.2, 0) is 4.79 Å². The predicted octanol–water partition coefficient (Wildman–Crippen LogP) is 0.937. The second-order valence-electron chi connectivity index (χ2n) is 5.95. The van der Waals surface area contributed by atoms with Gasteiger partial charge in [0, 0.05) is 17.4 Å². The standard InChI is InChI=1S/C19H17N5O4/c1-11-4-2-3-5-13(11)15-8-12(6-7-14(15)17(26)23-20)24(10-25)16-9-21-19(28)22-18(16)27/h2-10H,20H2,1H3,(H,23,26)(H2,21,22,27,28). The average molecular weight is 379 g/mol. The summed E-state index contributed by atoms with van der Waals surface area (Å²) in [7, 11) is 0. The topological polar surface area (TPSA) is 141 Å². The van der Waals surface area contributed by atoms with Crippen molar-refractivity contribution in [1.29, 1.82) is 0 Å². The van der Waals surface area contributed by atoms with Crippen LogP contribution in [0.4, 0.5) is 11.4 Å². The number of rotatable bonds is 5. The zero-order valence-corrected chi connectivity index (χ0v) is 14.9. The number of hydrogen-bond donors (Lipinski definition) is 4. The van der Waals surface area contributed by atoms with Crippen LogP contribution in [0.2, 0.25) is 0 Å². The third-order valence-electron chi connectivity index (χ3n) is 4.26. The minimum atomic E-state index is -0.725. The Hall–Kier alpha value is -3.98. The van der Waals surface area contributed by atoms with Crippen molar-refractivity contribution in [3.63, 3.8) is 0 Å². The first-order valence-corrected chi connectivity index (χ1v) is 8.23. The summed E-state index contributed by atoms with van der Waals surface area (Å²) in [5.74, 6) is 4.80. The fourth-order valence-electron chi connectivity index (χ4n) is 2.89. The van der Waals surface area contributed by atoms with Crippen molar-refractivity contribution in [3.05, 3.63) is 80.6 Å². The molecule has 5 N–H and O–H groups in total. The number of amides is 2. The molecule has 9 heteroatoms. The van der Waals surface area contributed by atoms with Gasteiger partial charge in [0.05, 0.1) is 0 Å². The summed E-state index contributed by atoms with van der Waals surface area (Å²) in [5, 5.41) is 0. The summed E-state index contributed by atoms with van der Waals surface area (Å²) in [6, 6.07) is 12.0. The summed E-state index contributed by atoms with van der Waals surface area (Å²) in [4.78, 5) is 52.7. The van der Waals surface area contributed by atoms with Gasteiger partial charge in [-0.05, 0) is 41.8 Å². The first-order valence-electron chi connectivity index (χ1n) is 8.23. The Bertz CT molecular complexity index is 1170. The number of anilines is 2. The molecule has 2 amide bonds. The van der Waals surface area contributed by atoms with Gasteiger partial charge in [-0.3, -0.25) is 29.7 Å². The van der Waals surface area contributed by atoms with Gasteiger partial charge in [-0.25, -0.2) is 10.6 Å². The first kappa shape index (κ1) is 18.8. The maximum Gasteiger partial charge on any atom is 0.325 e. The number of nitrogens with one attached hydrogen (secondary N) is 3. The molecule has 0 atom stereocenters. The summed E-state index contributed by atoms with van der Waals surface area (Å²) < 4.78 is 0. The molecule has 0 aliphatic heterocycles. The number of H-pyrrole nitrogens is 2. The van der Waals surface area contributed by atoms with Gasteiger partial charge in [-0.15, -0.1) is 0 Å². The first-order chi connectivity index (χ1) is 13.5. The lowest BCUT2D eigenvalue weighted by molar-refractivity contribution is -0.106. The maximum atomic E-state index is 12.2. The van der Waals surface area contributed by atoms with Gasteiger partial charge in [0.2, 0.25) is 6.41 Å². The monoisotopic (exact) mass is 379 g/mol. The van der Waals surface area contributed by atoms with Gasteiger partial charge in [0.25, 0.3) is 11.5 Å².